The standard InChI is InChI=1S/C19H16F3NO2/c20-14-5-3-12(4-6-14)18(24)13-2-1-9-23(11-13)19(25)16-10-15(21)7-8-17(16)22/h3-8,10,13H,1-2,9,11H2/t13-/m0/s1. The first-order chi connectivity index (χ1) is 12.0. The summed E-state index contributed by atoms with van der Waals surface area (Å²) in [7, 11) is 0. The Hall–Kier alpha value is -2.63. The maximum absolute atomic E-state index is 13.8. The molecule has 1 aliphatic heterocycles. The normalized spacial score (nSPS) is 17.4. The van der Waals surface area contributed by atoms with Crippen molar-refractivity contribution in [2.45, 2.75) is 12.8 Å². The number of hydrogen-bond acceptors (Lipinski definition) is 2. The fraction of sp³-hybridized carbons (Fsp3) is 0.263. The molecule has 2 aromatic rings. The van der Waals surface area contributed by atoms with Gasteiger partial charge in [0.05, 0.1) is 5.56 Å². The van der Waals surface area contributed by atoms with Gasteiger partial charge >= 0.3 is 0 Å². The largest absolute Gasteiger partial charge is 0.338 e. The predicted molar refractivity (Wildman–Crippen MR) is 85.7 cm³/mol. The third-order valence-electron chi connectivity index (χ3n) is 4.37. The fourth-order valence-corrected chi connectivity index (χ4v) is 3.06. The molecule has 1 saturated heterocycles. The Labute approximate surface area is 143 Å². The van der Waals surface area contributed by atoms with Crippen LogP contribution in [0.4, 0.5) is 13.2 Å². The van der Waals surface area contributed by atoms with Crippen LogP contribution in [-0.2, 0) is 0 Å². The van der Waals surface area contributed by atoms with Gasteiger partial charge in [0.1, 0.15) is 17.5 Å². The smallest absolute Gasteiger partial charge is 0.256 e. The molecule has 25 heavy (non-hydrogen) atoms. The van der Waals surface area contributed by atoms with E-state index in [1.807, 2.05) is 0 Å². The number of Topliss-reactive ketones (excluding diaryl/α,β-unsaturated/α-hetero) is 1. The summed E-state index contributed by atoms with van der Waals surface area (Å²) in [5.74, 6) is -3.18. The monoisotopic (exact) mass is 347 g/mol. The van der Waals surface area contributed by atoms with Gasteiger partial charge in [-0.3, -0.25) is 9.59 Å². The average Bonchev–Trinajstić information content (AvgIpc) is 2.63. The Morgan fingerprint density at radius 1 is 0.960 bits per heavy atom. The molecule has 2 aromatic carbocycles. The Morgan fingerprint density at radius 3 is 2.36 bits per heavy atom. The van der Waals surface area contributed by atoms with Crippen LogP contribution in [0.25, 0.3) is 0 Å². The van der Waals surface area contributed by atoms with E-state index in [1.54, 1.807) is 0 Å². The number of ketones is 1. The number of benzene rings is 2. The number of halogens is 3. The Bertz CT molecular complexity index is 805. The van der Waals surface area contributed by atoms with Gasteiger partial charge in [0, 0.05) is 24.6 Å². The van der Waals surface area contributed by atoms with E-state index < -0.39 is 29.3 Å². The third kappa shape index (κ3) is 3.73. The first-order valence-electron chi connectivity index (χ1n) is 8.00. The van der Waals surface area contributed by atoms with Crippen molar-refractivity contribution in [2.24, 2.45) is 5.92 Å². The summed E-state index contributed by atoms with van der Waals surface area (Å²) in [4.78, 5) is 26.4. The molecule has 0 bridgehead atoms. The summed E-state index contributed by atoms with van der Waals surface area (Å²) in [6.07, 6.45) is 1.17. The average molecular weight is 347 g/mol. The maximum atomic E-state index is 13.8. The van der Waals surface area contributed by atoms with Gasteiger partial charge in [0.25, 0.3) is 5.91 Å². The highest BCUT2D eigenvalue weighted by Crippen LogP contribution is 2.23. The zero-order valence-corrected chi connectivity index (χ0v) is 13.3. The van der Waals surface area contributed by atoms with Gasteiger partial charge in [-0.1, -0.05) is 0 Å². The van der Waals surface area contributed by atoms with Crippen LogP contribution in [0.5, 0.6) is 0 Å². The molecule has 0 N–H and O–H groups in total. The molecule has 3 nitrogen and oxygen atoms in total. The number of piperidine rings is 1. The molecule has 1 aliphatic rings. The van der Waals surface area contributed by atoms with Gasteiger partial charge in [0.2, 0.25) is 0 Å². The molecule has 0 unspecified atom stereocenters. The zero-order valence-electron chi connectivity index (χ0n) is 13.3. The third-order valence-corrected chi connectivity index (χ3v) is 4.37. The summed E-state index contributed by atoms with van der Waals surface area (Å²) < 4.78 is 40.1. The lowest BCUT2D eigenvalue weighted by Gasteiger charge is -2.32. The van der Waals surface area contributed by atoms with Gasteiger partial charge in [-0.2, -0.15) is 0 Å². The molecule has 0 aliphatic carbocycles. The van der Waals surface area contributed by atoms with Gasteiger partial charge < -0.3 is 4.90 Å². The molecule has 3 rings (SSSR count). The number of nitrogens with zero attached hydrogens (tertiary/aromatic N) is 1. The Balaban J connectivity index is 1.76. The summed E-state index contributed by atoms with van der Waals surface area (Å²) in [5.41, 5.74) is 0.0347. The van der Waals surface area contributed by atoms with Crippen molar-refractivity contribution < 1.29 is 22.8 Å². The molecular formula is C19H16F3NO2. The minimum atomic E-state index is -0.793. The van der Waals surface area contributed by atoms with Crippen LogP contribution in [0.2, 0.25) is 0 Å². The molecule has 6 heteroatoms. The molecule has 130 valence electrons. The fourth-order valence-electron chi connectivity index (χ4n) is 3.06. The van der Waals surface area contributed by atoms with Crippen LogP contribution in [-0.4, -0.2) is 29.7 Å². The summed E-state index contributed by atoms with van der Waals surface area (Å²) in [6, 6.07) is 7.96. The van der Waals surface area contributed by atoms with Gasteiger partial charge in [0.15, 0.2) is 5.78 Å². The number of carbonyl (C=O) groups excluding carboxylic acids is 2. The molecule has 0 spiro atoms. The van der Waals surface area contributed by atoms with Crippen molar-refractivity contribution in [1.82, 2.24) is 4.90 Å². The van der Waals surface area contributed by atoms with E-state index in [1.165, 1.54) is 29.2 Å². The quantitative estimate of drug-likeness (QED) is 0.791. The van der Waals surface area contributed by atoms with E-state index >= 15 is 0 Å². The summed E-state index contributed by atoms with van der Waals surface area (Å²) >= 11 is 0. The van der Waals surface area contributed by atoms with E-state index in [0.717, 1.165) is 18.2 Å². The summed E-state index contributed by atoms with van der Waals surface area (Å²) in [5, 5.41) is 0. The van der Waals surface area contributed by atoms with Crippen LogP contribution < -0.4 is 0 Å². The van der Waals surface area contributed by atoms with Crippen molar-refractivity contribution in [3.63, 3.8) is 0 Å². The second-order valence-electron chi connectivity index (χ2n) is 6.09. The topological polar surface area (TPSA) is 37.4 Å². The first kappa shape index (κ1) is 17.2. The van der Waals surface area contributed by atoms with Crippen LogP contribution in [0.1, 0.15) is 33.6 Å². The summed E-state index contributed by atoms with van der Waals surface area (Å²) in [6.45, 7) is 0.507. The maximum Gasteiger partial charge on any atom is 0.256 e. The Kier molecular flexibility index (Phi) is 4.88. The highest BCUT2D eigenvalue weighted by atomic mass is 19.1. The van der Waals surface area contributed by atoms with E-state index in [9.17, 15) is 22.8 Å². The van der Waals surface area contributed by atoms with Gasteiger partial charge in [-0.15, -0.1) is 0 Å². The van der Waals surface area contributed by atoms with E-state index in [0.29, 0.717) is 24.9 Å². The van der Waals surface area contributed by atoms with Crippen molar-refractivity contribution in [2.75, 3.05) is 13.1 Å². The van der Waals surface area contributed by atoms with E-state index in [-0.39, 0.29) is 17.9 Å². The molecule has 0 radical (unpaired) electrons. The van der Waals surface area contributed by atoms with Crippen molar-refractivity contribution in [3.8, 4) is 0 Å². The van der Waals surface area contributed by atoms with Crippen molar-refractivity contribution >= 4 is 11.7 Å². The molecule has 1 amide bonds. The number of rotatable bonds is 3. The number of hydrogen-bond donors (Lipinski definition) is 0. The molecule has 1 atom stereocenters. The number of carbonyl (C=O) groups is 2. The number of amides is 1. The van der Waals surface area contributed by atoms with Crippen molar-refractivity contribution in [3.05, 3.63) is 71.0 Å². The zero-order chi connectivity index (χ0) is 18.0. The minimum Gasteiger partial charge on any atom is -0.338 e. The predicted octanol–water partition coefficient (Wildman–Crippen LogP) is 3.84. The minimum absolute atomic E-state index is 0.130. The second kappa shape index (κ2) is 7.09. The molecule has 0 saturated carbocycles. The Morgan fingerprint density at radius 2 is 1.64 bits per heavy atom. The SMILES string of the molecule is O=C(c1ccc(F)cc1)[C@H]1CCCN(C(=O)c2cc(F)ccc2F)C1. The highest BCUT2D eigenvalue weighted by molar-refractivity contribution is 5.99. The molecular weight excluding hydrogens is 331 g/mol. The van der Waals surface area contributed by atoms with Crippen LogP contribution >= 0.6 is 0 Å². The lowest BCUT2D eigenvalue weighted by atomic mass is 9.89. The first-order valence-corrected chi connectivity index (χ1v) is 8.00. The van der Waals surface area contributed by atoms with Crippen LogP contribution in [0, 0.1) is 23.4 Å². The van der Waals surface area contributed by atoms with Gasteiger partial charge in [-0.25, -0.2) is 13.2 Å². The van der Waals surface area contributed by atoms with Crippen LogP contribution in [0.3, 0.4) is 0 Å². The highest BCUT2D eigenvalue weighted by Gasteiger charge is 2.30. The number of likely N-dealkylation sites (tertiary alicyclic amines) is 1. The molecule has 1 heterocycles. The second-order valence-corrected chi connectivity index (χ2v) is 6.09. The van der Waals surface area contributed by atoms with Crippen LogP contribution in [0.15, 0.2) is 42.5 Å². The lowest BCUT2D eigenvalue weighted by Crippen LogP contribution is -2.42. The molecule has 0 aromatic heterocycles. The van der Waals surface area contributed by atoms with Gasteiger partial charge in [-0.05, 0) is 55.3 Å². The molecule has 1 fully saturated rings. The van der Waals surface area contributed by atoms with E-state index in [4.69, 9.17) is 0 Å². The lowest BCUT2D eigenvalue weighted by molar-refractivity contribution is 0.0633. The van der Waals surface area contributed by atoms with E-state index in [2.05, 4.69) is 0 Å². The van der Waals surface area contributed by atoms with Crippen molar-refractivity contribution in [1.29, 1.82) is 0 Å².